The van der Waals surface area contributed by atoms with Gasteiger partial charge >= 0.3 is 0 Å². The lowest BCUT2D eigenvalue weighted by Gasteiger charge is -2.11. The minimum absolute atomic E-state index is 0.348. The number of nitrogens with one attached hydrogen (secondary N) is 2. The monoisotopic (exact) mass is 310 g/mol. The van der Waals surface area contributed by atoms with Crippen LogP contribution in [0.15, 0.2) is 6.07 Å². The van der Waals surface area contributed by atoms with Gasteiger partial charge in [0, 0.05) is 25.6 Å². The van der Waals surface area contributed by atoms with Gasteiger partial charge in [0.2, 0.25) is 5.95 Å². The summed E-state index contributed by atoms with van der Waals surface area (Å²) in [5, 5.41) is 17.0. The van der Waals surface area contributed by atoms with Crippen LogP contribution in [0.1, 0.15) is 18.2 Å². The molecule has 21 heavy (non-hydrogen) atoms. The van der Waals surface area contributed by atoms with Crippen LogP contribution in [0.25, 0.3) is 10.2 Å². The van der Waals surface area contributed by atoms with Crippen LogP contribution in [-0.4, -0.2) is 48.5 Å². The van der Waals surface area contributed by atoms with Gasteiger partial charge in [0.25, 0.3) is 0 Å². The smallest absolute Gasteiger partial charge is 0.225 e. The van der Waals surface area contributed by atoms with Crippen LogP contribution in [0.5, 0.6) is 0 Å². The minimum Gasteiger partial charge on any atom is -0.391 e. The van der Waals surface area contributed by atoms with Crippen molar-refractivity contribution in [3.63, 3.8) is 0 Å². The van der Waals surface area contributed by atoms with Gasteiger partial charge in [-0.3, -0.25) is 0 Å². The van der Waals surface area contributed by atoms with Gasteiger partial charge in [-0.2, -0.15) is 4.98 Å². The van der Waals surface area contributed by atoms with Crippen LogP contribution < -0.4 is 10.6 Å². The number of methoxy groups -OCH3 is 1. The predicted molar refractivity (Wildman–Crippen MR) is 87.3 cm³/mol. The first-order valence-electron chi connectivity index (χ1n) is 7.07. The third kappa shape index (κ3) is 4.03. The first-order chi connectivity index (χ1) is 10.2. The Morgan fingerprint density at radius 2 is 2.24 bits per heavy atom. The minimum atomic E-state index is -0.461. The number of hydrogen-bond donors (Lipinski definition) is 3. The molecule has 0 amide bonds. The van der Waals surface area contributed by atoms with E-state index in [-0.39, 0.29) is 0 Å². The van der Waals surface area contributed by atoms with E-state index in [4.69, 9.17) is 4.74 Å². The van der Waals surface area contributed by atoms with Crippen LogP contribution in [0, 0.1) is 0 Å². The number of aromatic nitrogens is 2. The third-order valence-electron chi connectivity index (χ3n) is 3.14. The molecule has 0 aliphatic rings. The first kappa shape index (κ1) is 15.9. The quantitative estimate of drug-likeness (QED) is 0.693. The normalized spacial score (nSPS) is 12.6. The summed E-state index contributed by atoms with van der Waals surface area (Å²) >= 11 is 1.69. The SMILES string of the molecule is CCc1cc2c(NCCC(O)COC)nc(NC)nc2s1. The van der Waals surface area contributed by atoms with Gasteiger partial charge in [0.05, 0.1) is 18.1 Å². The first-order valence-corrected chi connectivity index (χ1v) is 7.88. The molecule has 7 heteroatoms. The standard InChI is InChI=1S/C14H22N4O2S/c1-4-10-7-11-12(16-6-5-9(19)8-20-3)17-14(15-2)18-13(11)21-10/h7,9,19H,4-6,8H2,1-3H3,(H2,15,16,17,18). The highest BCUT2D eigenvalue weighted by Crippen LogP contribution is 2.30. The lowest BCUT2D eigenvalue weighted by Crippen LogP contribution is -2.18. The second kappa shape index (κ2) is 7.53. The topological polar surface area (TPSA) is 79.3 Å². The van der Waals surface area contributed by atoms with Crippen molar-refractivity contribution in [2.75, 3.05) is 37.9 Å². The summed E-state index contributed by atoms with van der Waals surface area (Å²) in [6, 6.07) is 2.13. The maximum absolute atomic E-state index is 9.68. The van der Waals surface area contributed by atoms with E-state index < -0.39 is 6.10 Å². The van der Waals surface area contributed by atoms with Gasteiger partial charge in [0.1, 0.15) is 10.6 Å². The van der Waals surface area contributed by atoms with Crippen LogP contribution in [0.2, 0.25) is 0 Å². The van der Waals surface area contributed by atoms with Gasteiger partial charge in [-0.15, -0.1) is 11.3 Å². The summed E-state index contributed by atoms with van der Waals surface area (Å²) in [6.07, 6.45) is 1.14. The molecule has 0 saturated heterocycles. The Bertz CT molecular complexity index is 588. The number of anilines is 2. The molecule has 2 heterocycles. The third-order valence-corrected chi connectivity index (χ3v) is 4.32. The lowest BCUT2D eigenvalue weighted by atomic mass is 10.2. The fourth-order valence-electron chi connectivity index (χ4n) is 2.03. The average molecular weight is 310 g/mol. The number of aryl methyl sites for hydroxylation is 1. The Labute approximate surface area is 128 Å². The molecule has 0 bridgehead atoms. The van der Waals surface area contributed by atoms with E-state index in [1.54, 1.807) is 18.4 Å². The van der Waals surface area contributed by atoms with E-state index in [2.05, 4.69) is 33.6 Å². The average Bonchev–Trinajstić information content (AvgIpc) is 2.90. The zero-order valence-corrected chi connectivity index (χ0v) is 13.5. The van der Waals surface area contributed by atoms with Gasteiger partial charge in [0.15, 0.2) is 0 Å². The van der Waals surface area contributed by atoms with Gasteiger partial charge in [-0.25, -0.2) is 4.98 Å². The van der Waals surface area contributed by atoms with Crippen molar-refractivity contribution in [1.29, 1.82) is 0 Å². The van der Waals surface area contributed by atoms with Crippen molar-refractivity contribution >= 4 is 33.3 Å². The molecule has 2 rings (SSSR count). The Hall–Kier alpha value is -1.44. The second-order valence-electron chi connectivity index (χ2n) is 4.76. The molecule has 3 N–H and O–H groups in total. The number of aliphatic hydroxyl groups excluding tert-OH is 1. The molecular weight excluding hydrogens is 288 g/mol. The number of rotatable bonds is 8. The maximum Gasteiger partial charge on any atom is 0.225 e. The molecule has 2 aromatic rings. The Morgan fingerprint density at radius 3 is 2.90 bits per heavy atom. The van der Waals surface area contributed by atoms with E-state index in [1.165, 1.54) is 4.88 Å². The maximum atomic E-state index is 9.68. The van der Waals surface area contributed by atoms with Crippen LogP contribution >= 0.6 is 11.3 Å². The molecule has 6 nitrogen and oxygen atoms in total. The van der Waals surface area contributed by atoms with Crippen molar-refractivity contribution < 1.29 is 9.84 Å². The summed E-state index contributed by atoms with van der Waals surface area (Å²) in [5.74, 6) is 1.41. The van der Waals surface area contributed by atoms with Gasteiger partial charge < -0.3 is 20.5 Å². The van der Waals surface area contributed by atoms with Crippen LogP contribution in [0.4, 0.5) is 11.8 Å². The summed E-state index contributed by atoms with van der Waals surface area (Å²) in [7, 11) is 3.39. The van der Waals surface area contributed by atoms with E-state index in [0.717, 1.165) is 22.5 Å². The Balaban J connectivity index is 2.15. The summed E-state index contributed by atoms with van der Waals surface area (Å²) in [6.45, 7) is 3.11. The number of nitrogens with zero attached hydrogens (tertiary/aromatic N) is 2. The molecule has 0 aromatic carbocycles. The number of aliphatic hydroxyl groups is 1. The zero-order chi connectivity index (χ0) is 15.2. The largest absolute Gasteiger partial charge is 0.391 e. The molecule has 1 unspecified atom stereocenters. The van der Waals surface area contributed by atoms with E-state index >= 15 is 0 Å². The number of thiophene rings is 1. The molecular formula is C14H22N4O2S. The molecule has 0 saturated carbocycles. The molecule has 2 aromatic heterocycles. The Kier molecular flexibility index (Phi) is 5.72. The molecule has 116 valence electrons. The number of hydrogen-bond acceptors (Lipinski definition) is 7. The predicted octanol–water partition coefficient (Wildman–Crippen LogP) is 2.10. The van der Waals surface area contributed by atoms with E-state index in [1.807, 2.05) is 7.05 Å². The highest BCUT2D eigenvalue weighted by atomic mass is 32.1. The summed E-state index contributed by atoms with van der Waals surface area (Å²) in [4.78, 5) is 11.2. The summed E-state index contributed by atoms with van der Waals surface area (Å²) < 4.78 is 4.92. The van der Waals surface area contributed by atoms with Gasteiger partial charge in [-0.1, -0.05) is 6.92 Å². The van der Waals surface area contributed by atoms with Crippen molar-refractivity contribution in [2.45, 2.75) is 25.9 Å². The van der Waals surface area contributed by atoms with Crippen LogP contribution in [-0.2, 0) is 11.2 Å². The van der Waals surface area contributed by atoms with E-state index in [9.17, 15) is 5.11 Å². The lowest BCUT2D eigenvalue weighted by molar-refractivity contribution is 0.0615. The van der Waals surface area contributed by atoms with E-state index in [0.29, 0.717) is 25.5 Å². The van der Waals surface area contributed by atoms with Crippen molar-refractivity contribution in [2.24, 2.45) is 0 Å². The van der Waals surface area contributed by atoms with Crippen molar-refractivity contribution in [1.82, 2.24) is 9.97 Å². The fourth-order valence-corrected chi connectivity index (χ4v) is 2.99. The molecule has 0 aliphatic heterocycles. The molecule has 1 atom stereocenters. The molecule has 0 spiro atoms. The number of fused-ring (bicyclic) bond motifs is 1. The Morgan fingerprint density at radius 1 is 1.43 bits per heavy atom. The summed E-state index contributed by atoms with van der Waals surface area (Å²) in [5.41, 5.74) is 0. The highest BCUT2D eigenvalue weighted by Gasteiger charge is 2.11. The zero-order valence-electron chi connectivity index (χ0n) is 12.6. The molecule has 0 fully saturated rings. The van der Waals surface area contributed by atoms with Crippen molar-refractivity contribution in [3.05, 3.63) is 10.9 Å². The number of ether oxygens (including phenoxy) is 1. The fraction of sp³-hybridized carbons (Fsp3) is 0.571. The van der Waals surface area contributed by atoms with Crippen molar-refractivity contribution in [3.8, 4) is 0 Å². The molecule has 0 radical (unpaired) electrons. The second-order valence-corrected chi connectivity index (χ2v) is 5.87. The molecule has 0 aliphatic carbocycles. The van der Waals surface area contributed by atoms with Gasteiger partial charge in [-0.05, 0) is 18.9 Å². The van der Waals surface area contributed by atoms with Crippen LogP contribution in [0.3, 0.4) is 0 Å². The highest BCUT2D eigenvalue weighted by molar-refractivity contribution is 7.18.